The number of nitrogen functional groups attached to an aromatic ring is 1. The van der Waals surface area contributed by atoms with Gasteiger partial charge in [-0.15, -0.1) is 5.10 Å². The van der Waals surface area contributed by atoms with E-state index >= 15 is 0 Å². The minimum atomic E-state index is -0.362. The SMILES string of the molecule is CCCCCCn1nnnc1-c1cc(N)ccc1F. The largest absolute Gasteiger partial charge is 0.399 e. The molecular formula is C13H18FN5. The highest BCUT2D eigenvalue weighted by atomic mass is 19.1. The fraction of sp³-hybridized carbons (Fsp3) is 0.462. The van der Waals surface area contributed by atoms with Crippen molar-refractivity contribution in [2.75, 3.05) is 5.73 Å². The van der Waals surface area contributed by atoms with E-state index in [0.29, 0.717) is 23.6 Å². The fourth-order valence-corrected chi connectivity index (χ4v) is 1.95. The van der Waals surface area contributed by atoms with Gasteiger partial charge in [-0.05, 0) is 35.0 Å². The van der Waals surface area contributed by atoms with Crippen molar-refractivity contribution in [2.24, 2.45) is 0 Å². The number of rotatable bonds is 6. The summed E-state index contributed by atoms with van der Waals surface area (Å²) in [7, 11) is 0. The molecule has 2 aromatic rings. The quantitative estimate of drug-likeness (QED) is 0.642. The fourth-order valence-electron chi connectivity index (χ4n) is 1.95. The summed E-state index contributed by atoms with van der Waals surface area (Å²) in [5.41, 5.74) is 6.52. The topological polar surface area (TPSA) is 69.6 Å². The van der Waals surface area contributed by atoms with Gasteiger partial charge < -0.3 is 5.73 Å². The number of halogens is 1. The molecule has 6 heteroatoms. The van der Waals surface area contributed by atoms with Crippen molar-refractivity contribution in [1.29, 1.82) is 0 Å². The molecule has 0 amide bonds. The van der Waals surface area contributed by atoms with E-state index in [-0.39, 0.29) is 5.82 Å². The van der Waals surface area contributed by atoms with Crippen molar-refractivity contribution < 1.29 is 4.39 Å². The van der Waals surface area contributed by atoms with E-state index in [1.165, 1.54) is 25.0 Å². The molecule has 1 aromatic heterocycles. The maximum Gasteiger partial charge on any atom is 0.185 e. The second-order valence-electron chi connectivity index (χ2n) is 4.53. The zero-order chi connectivity index (χ0) is 13.7. The van der Waals surface area contributed by atoms with Gasteiger partial charge in [0.15, 0.2) is 5.82 Å². The zero-order valence-electron chi connectivity index (χ0n) is 11.0. The first kappa shape index (κ1) is 13.5. The molecule has 2 rings (SSSR count). The lowest BCUT2D eigenvalue weighted by Gasteiger charge is -2.06. The molecule has 1 heterocycles. The summed E-state index contributed by atoms with van der Waals surface area (Å²) in [6.45, 7) is 2.85. The van der Waals surface area contributed by atoms with Crippen LogP contribution < -0.4 is 5.73 Å². The van der Waals surface area contributed by atoms with Crippen molar-refractivity contribution in [2.45, 2.75) is 39.2 Å². The van der Waals surface area contributed by atoms with Gasteiger partial charge in [-0.2, -0.15) is 0 Å². The molecule has 19 heavy (non-hydrogen) atoms. The molecule has 0 fully saturated rings. The lowest BCUT2D eigenvalue weighted by molar-refractivity contribution is 0.529. The average Bonchev–Trinajstić information content (AvgIpc) is 2.86. The Hall–Kier alpha value is -1.98. The highest BCUT2D eigenvalue weighted by Crippen LogP contribution is 2.22. The Morgan fingerprint density at radius 2 is 2.11 bits per heavy atom. The molecule has 0 bridgehead atoms. The normalized spacial score (nSPS) is 10.8. The number of aryl methyl sites for hydroxylation is 1. The Morgan fingerprint density at radius 3 is 2.89 bits per heavy atom. The zero-order valence-corrected chi connectivity index (χ0v) is 11.0. The van der Waals surface area contributed by atoms with Crippen LogP contribution in [0.1, 0.15) is 32.6 Å². The number of tetrazole rings is 1. The standard InChI is InChI=1S/C13H18FN5/c1-2-3-4-5-8-19-13(16-17-18-19)11-9-10(15)6-7-12(11)14/h6-7,9H,2-5,8,15H2,1H3. The first-order valence-electron chi connectivity index (χ1n) is 6.54. The van der Waals surface area contributed by atoms with Crippen LogP contribution in [-0.2, 0) is 6.54 Å². The smallest absolute Gasteiger partial charge is 0.185 e. The summed E-state index contributed by atoms with van der Waals surface area (Å²) in [5, 5.41) is 11.4. The first-order valence-corrected chi connectivity index (χ1v) is 6.54. The Balaban J connectivity index is 2.16. The van der Waals surface area contributed by atoms with Crippen LogP contribution in [0, 0.1) is 5.82 Å². The summed E-state index contributed by atoms with van der Waals surface area (Å²) < 4.78 is 15.4. The molecule has 0 aliphatic carbocycles. The van der Waals surface area contributed by atoms with Crippen LogP contribution in [0.4, 0.5) is 10.1 Å². The Morgan fingerprint density at radius 1 is 1.26 bits per heavy atom. The van der Waals surface area contributed by atoms with Crippen LogP contribution in [0.3, 0.4) is 0 Å². The number of unbranched alkanes of at least 4 members (excludes halogenated alkanes) is 3. The van der Waals surface area contributed by atoms with Crippen LogP contribution in [0.5, 0.6) is 0 Å². The third kappa shape index (κ3) is 3.27. The van der Waals surface area contributed by atoms with Gasteiger partial charge in [0.05, 0.1) is 5.56 Å². The molecular weight excluding hydrogens is 245 g/mol. The van der Waals surface area contributed by atoms with Gasteiger partial charge >= 0.3 is 0 Å². The lowest BCUT2D eigenvalue weighted by atomic mass is 10.1. The number of nitrogens with zero attached hydrogens (tertiary/aromatic N) is 4. The van der Waals surface area contributed by atoms with Gasteiger partial charge in [0, 0.05) is 12.2 Å². The molecule has 0 aliphatic rings. The monoisotopic (exact) mass is 263 g/mol. The summed E-state index contributed by atoms with van der Waals surface area (Å²) in [6, 6.07) is 4.42. The van der Waals surface area contributed by atoms with E-state index in [0.717, 1.165) is 12.8 Å². The number of hydrogen-bond donors (Lipinski definition) is 1. The van der Waals surface area contributed by atoms with Gasteiger partial charge in [0.2, 0.25) is 0 Å². The Labute approximate surface area is 111 Å². The van der Waals surface area contributed by atoms with Gasteiger partial charge in [0.1, 0.15) is 5.82 Å². The minimum Gasteiger partial charge on any atom is -0.399 e. The highest BCUT2D eigenvalue weighted by molar-refractivity contribution is 5.61. The van der Waals surface area contributed by atoms with E-state index in [9.17, 15) is 4.39 Å². The predicted molar refractivity (Wildman–Crippen MR) is 71.8 cm³/mol. The van der Waals surface area contributed by atoms with Crippen molar-refractivity contribution in [3.8, 4) is 11.4 Å². The van der Waals surface area contributed by atoms with E-state index in [1.54, 1.807) is 10.7 Å². The second-order valence-corrected chi connectivity index (χ2v) is 4.53. The number of anilines is 1. The summed E-state index contributed by atoms with van der Waals surface area (Å²) in [5.74, 6) is 0.0695. The van der Waals surface area contributed by atoms with Gasteiger partial charge in [0.25, 0.3) is 0 Å². The van der Waals surface area contributed by atoms with Crippen LogP contribution in [0.15, 0.2) is 18.2 Å². The van der Waals surface area contributed by atoms with E-state index < -0.39 is 0 Å². The number of nitrogens with two attached hydrogens (primary N) is 1. The summed E-state index contributed by atoms with van der Waals surface area (Å²) >= 11 is 0. The van der Waals surface area contributed by atoms with E-state index in [4.69, 9.17) is 5.73 Å². The van der Waals surface area contributed by atoms with Crippen LogP contribution >= 0.6 is 0 Å². The predicted octanol–water partition coefficient (Wildman–Crippen LogP) is 2.64. The molecule has 0 saturated carbocycles. The molecule has 2 N–H and O–H groups in total. The van der Waals surface area contributed by atoms with Crippen molar-refractivity contribution in [1.82, 2.24) is 20.2 Å². The van der Waals surface area contributed by atoms with Crippen molar-refractivity contribution in [3.63, 3.8) is 0 Å². The second kappa shape index (κ2) is 6.26. The van der Waals surface area contributed by atoms with Gasteiger partial charge in [-0.1, -0.05) is 26.2 Å². The molecule has 5 nitrogen and oxygen atoms in total. The average molecular weight is 263 g/mol. The van der Waals surface area contributed by atoms with Crippen molar-refractivity contribution >= 4 is 5.69 Å². The number of hydrogen-bond acceptors (Lipinski definition) is 4. The van der Waals surface area contributed by atoms with Crippen LogP contribution in [0.2, 0.25) is 0 Å². The lowest BCUT2D eigenvalue weighted by Crippen LogP contribution is -2.04. The molecule has 0 saturated heterocycles. The van der Waals surface area contributed by atoms with E-state index in [2.05, 4.69) is 22.4 Å². The molecule has 0 aliphatic heterocycles. The summed E-state index contributed by atoms with van der Waals surface area (Å²) in [4.78, 5) is 0. The summed E-state index contributed by atoms with van der Waals surface area (Å²) in [6.07, 6.45) is 4.46. The highest BCUT2D eigenvalue weighted by Gasteiger charge is 2.13. The maximum absolute atomic E-state index is 13.8. The van der Waals surface area contributed by atoms with Crippen molar-refractivity contribution in [3.05, 3.63) is 24.0 Å². The van der Waals surface area contributed by atoms with E-state index in [1.807, 2.05) is 0 Å². The number of benzene rings is 1. The maximum atomic E-state index is 13.8. The molecule has 102 valence electrons. The molecule has 1 aromatic carbocycles. The Bertz CT molecular complexity index is 538. The van der Waals surface area contributed by atoms with Crippen LogP contribution in [-0.4, -0.2) is 20.2 Å². The Kier molecular flexibility index (Phi) is 4.43. The third-order valence-electron chi connectivity index (χ3n) is 2.99. The van der Waals surface area contributed by atoms with Gasteiger partial charge in [-0.3, -0.25) is 0 Å². The third-order valence-corrected chi connectivity index (χ3v) is 2.99. The number of aromatic nitrogens is 4. The van der Waals surface area contributed by atoms with Crippen LogP contribution in [0.25, 0.3) is 11.4 Å². The molecule has 0 unspecified atom stereocenters. The molecule has 0 radical (unpaired) electrons. The molecule has 0 spiro atoms. The molecule has 0 atom stereocenters. The minimum absolute atomic E-state index is 0.348. The van der Waals surface area contributed by atoms with Gasteiger partial charge in [-0.25, -0.2) is 9.07 Å². The first-order chi connectivity index (χ1) is 9.22.